The fraction of sp³-hybridized carbons (Fsp3) is 0.333. The Morgan fingerprint density at radius 3 is 2.56 bits per heavy atom. The van der Waals surface area contributed by atoms with Crippen LogP contribution in [0.15, 0.2) is 18.2 Å². The molecule has 5 N–H and O–H groups in total. The van der Waals surface area contributed by atoms with E-state index in [2.05, 4.69) is 5.32 Å². The smallest absolute Gasteiger partial charge is 0.252 e. The second-order valence-electron chi connectivity index (χ2n) is 4.64. The van der Waals surface area contributed by atoms with Gasteiger partial charge in [0.1, 0.15) is 0 Å². The van der Waals surface area contributed by atoms with Crippen LogP contribution in [0.2, 0.25) is 5.02 Å². The van der Waals surface area contributed by atoms with Gasteiger partial charge in [0.25, 0.3) is 5.91 Å². The number of amides is 2. The van der Waals surface area contributed by atoms with Gasteiger partial charge in [-0.2, -0.15) is 0 Å². The molecular formula is C12H16ClN3O2. The second kappa shape index (κ2) is 5.27. The van der Waals surface area contributed by atoms with Crippen molar-refractivity contribution in [2.75, 3.05) is 12.3 Å². The summed E-state index contributed by atoms with van der Waals surface area (Å²) in [5.41, 5.74) is 10.6. The molecule has 0 bridgehead atoms. The summed E-state index contributed by atoms with van der Waals surface area (Å²) in [5.74, 6) is -0.872. The van der Waals surface area contributed by atoms with Crippen LogP contribution in [0, 0.1) is 5.41 Å². The van der Waals surface area contributed by atoms with Crippen molar-refractivity contribution in [2.24, 2.45) is 11.1 Å². The Morgan fingerprint density at radius 2 is 2.00 bits per heavy atom. The number of nitrogens with one attached hydrogen (secondary N) is 1. The third kappa shape index (κ3) is 3.13. The predicted octanol–water partition coefficient (Wildman–Crippen LogP) is 1.16. The number of rotatable bonds is 4. The lowest BCUT2D eigenvalue weighted by Crippen LogP contribution is -2.42. The van der Waals surface area contributed by atoms with E-state index in [1.165, 1.54) is 0 Å². The number of nitrogens with two attached hydrogens (primary N) is 2. The van der Waals surface area contributed by atoms with Gasteiger partial charge in [0.05, 0.1) is 21.7 Å². The molecule has 0 aliphatic rings. The summed E-state index contributed by atoms with van der Waals surface area (Å²) in [6.45, 7) is 3.43. The van der Waals surface area contributed by atoms with Crippen molar-refractivity contribution in [3.63, 3.8) is 0 Å². The zero-order valence-corrected chi connectivity index (χ0v) is 11.0. The first kappa shape index (κ1) is 14.3. The van der Waals surface area contributed by atoms with Crippen molar-refractivity contribution in [2.45, 2.75) is 13.8 Å². The zero-order valence-electron chi connectivity index (χ0n) is 10.3. The van der Waals surface area contributed by atoms with Crippen molar-refractivity contribution in [1.82, 2.24) is 5.32 Å². The lowest BCUT2D eigenvalue weighted by atomic mass is 9.92. The number of hydrogen-bond donors (Lipinski definition) is 3. The minimum Gasteiger partial charge on any atom is -0.398 e. The van der Waals surface area contributed by atoms with E-state index >= 15 is 0 Å². The predicted molar refractivity (Wildman–Crippen MR) is 71.2 cm³/mol. The Hall–Kier alpha value is -1.75. The Bertz CT molecular complexity index is 486. The highest BCUT2D eigenvalue weighted by molar-refractivity contribution is 6.36. The second-order valence-corrected chi connectivity index (χ2v) is 5.02. The van der Waals surface area contributed by atoms with Gasteiger partial charge in [0.15, 0.2) is 0 Å². The molecule has 0 saturated heterocycles. The van der Waals surface area contributed by atoms with E-state index in [9.17, 15) is 9.59 Å². The van der Waals surface area contributed by atoms with Crippen LogP contribution in [0.3, 0.4) is 0 Å². The van der Waals surface area contributed by atoms with E-state index in [1.54, 1.807) is 32.0 Å². The maximum Gasteiger partial charge on any atom is 0.252 e. The Morgan fingerprint density at radius 1 is 1.39 bits per heavy atom. The van der Waals surface area contributed by atoms with Crippen LogP contribution >= 0.6 is 11.6 Å². The molecule has 1 aromatic rings. The van der Waals surface area contributed by atoms with Gasteiger partial charge in [-0.1, -0.05) is 17.7 Å². The van der Waals surface area contributed by atoms with E-state index in [1.807, 2.05) is 0 Å². The lowest BCUT2D eigenvalue weighted by Gasteiger charge is -2.20. The fourth-order valence-electron chi connectivity index (χ4n) is 1.21. The molecule has 0 saturated carbocycles. The summed E-state index contributed by atoms with van der Waals surface area (Å²) in [6, 6.07) is 4.80. The zero-order chi connectivity index (χ0) is 13.9. The summed E-state index contributed by atoms with van der Waals surface area (Å²) >= 11 is 5.92. The largest absolute Gasteiger partial charge is 0.398 e. The molecule has 0 aliphatic carbocycles. The van der Waals surface area contributed by atoms with Gasteiger partial charge < -0.3 is 16.8 Å². The molecule has 0 heterocycles. The summed E-state index contributed by atoms with van der Waals surface area (Å²) < 4.78 is 0. The molecule has 5 nitrogen and oxygen atoms in total. The minimum atomic E-state index is -0.817. The molecule has 0 atom stereocenters. The molecule has 0 radical (unpaired) electrons. The molecule has 0 fully saturated rings. The van der Waals surface area contributed by atoms with Crippen LogP contribution in [0.25, 0.3) is 0 Å². The minimum absolute atomic E-state index is 0.131. The highest BCUT2D eigenvalue weighted by atomic mass is 35.5. The molecular weight excluding hydrogens is 254 g/mol. The van der Waals surface area contributed by atoms with Crippen molar-refractivity contribution >= 4 is 29.1 Å². The molecule has 0 unspecified atom stereocenters. The highest BCUT2D eigenvalue weighted by Crippen LogP contribution is 2.23. The molecule has 0 aromatic heterocycles. The van der Waals surface area contributed by atoms with Crippen molar-refractivity contribution in [1.29, 1.82) is 0 Å². The first-order valence-corrected chi connectivity index (χ1v) is 5.75. The topological polar surface area (TPSA) is 98.2 Å². The molecule has 0 spiro atoms. The summed E-state index contributed by atoms with van der Waals surface area (Å²) in [6.07, 6.45) is 0. The van der Waals surface area contributed by atoms with E-state index in [4.69, 9.17) is 23.1 Å². The van der Waals surface area contributed by atoms with Gasteiger partial charge in [-0.3, -0.25) is 9.59 Å². The normalized spacial score (nSPS) is 11.1. The Balaban J connectivity index is 2.78. The molecule has 2 amide bonds. The molecule has 18 heavy (non-hydrogen) atoms. The van der Waals surface area contributed by atoms with Gasteiger partial charge in [0, 0.05) is 6.54 Å². The van der Waals surface area contributed by atoms with E-state index < -0.39 is 11.3 Å². The monoisotopic (exact) mass is 269 g/mol. The summed E-state index contributed by atoms with van der Waals surface area (Å²) in [7, 11) is 0. The number of hydrogen-bond acceptors (Lipinski definition) is 3. The number of carbonyl (C=O) groups is 2. The van der Waals surface area contributed by atoms with E-state index in [0.29, 0.717) is 5.69 Å². The average molecular weight is 270 g/mol. The van der Waals surface area contributed by atoms with Crippen LogP contribution < -0.4 is 16.8 Å². The number of primary amides is 1. The molecule has 0 aliphatic heterocycles. The third-order valence-corrected chi connectivity index (χ3v) is 3.05. The number of carbonyl (C=O) groups excluding carboxylic acids is 2. The van der Waals surface area contributed by atoms with Crippen LogP contribution in [0.4, 0.5) is 5.69 Å². The molecule has 1 aromatic carbocycles. The van der Waals surface area contributed by atoms with Crippen LogP contribution in [-0.4, -0.2) is 18.4 Å². The maximum atomic E-state index is 11.9. The average Bonchev–Trinajstić information content (AvgIpc) is 2.29. The van der Waals surface area contributed by atoms with Crippen molar-refractivity contribution < 1.29 is 9.59 Å². The van der Waals surface area contributed by atoms with Gasteiger partial charge in [-0.15, -0.1) is 0 Å². The first-order chi connectivity index (χ1) is 8.25. The quantitative estimate of drug-likeness (QED) is 0.716. The van der Waals surface area contributed by atoms with E-state index in [-0.39, 0.29) is 23.0 Å². The number of halogens is 1. The number of anilines is 1. The lowest BCUT2D eigenvalue weighted by molar-refractivity contribution is -0.125. The highest BCUT2D eigenvalue weighted by Gasteiger charge is 2.26. The van der Waals surface area contributed by atoms with Crippen molar-refractivity contribution in [3.05, 3.63) is 28.8 Å². The number of benzene rings is 1. The fourth-order valence-corrected chi connectivity index (χ4v) is 1.42. The van der Waals surface area contributed by atoms with Crippen LogP contribution in [0.1, 0.15) is 24.2 Å². The van der Waals surface area contributed by atoms with Gasteiger partial charge in [-0.25, -0.2) is 0 Å². The molecule has 6 heteroatoms. The molecule has 98 valence electrons. The Labute approximate surface area is 110 Å². The maximum absolute atomic E-state index is 11.9. The van der Waals surface area contributed by atoms with E-state index in [0.717, 1.165) is 0 Å². The Kier molecular flexibility index (Phi) is 4.19. The number of nitrogen functional groups attached to an aromatic ring is 1. The van der Waals surface area contributed by atoms with Crippen molar-refractivity contribution in [3.8, 4) is 0 Å². The summed E-state index contributed by atoms with van der Waals surface area (Å²) in [4.78, 5) is 23.0. The van der Waals surface area contributed by atoms with Gasteiger partial charge in [-0.05, 0) is 26.0 Å². The standard InChI is InChI=1S/C12H16ClN3O2/c1-12(2,11(15)18)6-16-10(17)7-4-3-5-8(14)9(7)13/h3-5H,6,14H2,1-2H3,(H2,15,18)(H,16,17). The SMILES string of the molecule is CC(C)(CNC(=O)c1cccc(N)c1Cl)C(N)=O. The van der Waals surface area contributed by atoms with Gasteiger partial charge >= 0.3 is 0 Å². The summed E-state index contributed by atoms with van der Waals surface area (Å²) in [5, 5.41) is 2.81. The van der Waals surface area contributed by atoms with Crippen LogP contribution in [-0.2, 0) is 4.79 Å². The van der Waals surface area contributed by atoms with Gasteiger partial charge in [0.2, 0.25) is 5.91 Å². The first-order valence-electron chi connectivity index (χ1n) is 5.38. The third-order valence-electron chi connectivity index (χ3n) is 2.63. The van der Waals surface area contributed by atoms with Crippen LogP contribution in [0.5, 0.6) is 0 Å². The molecule has 1 rings (SSSR count).